The van der Waals surface area contributed by atoms with Crippen LogP contribution in [-0.4, -0.2) is 41.4 Å². The molecular formula is C20H19FN4O3S. The molecule has 0 aliphatic carbocycles. The van der Waals surface area contributed by atoms with Crippen LogP contribution in [0.3, 0.4) is 0 Å². The summed E-state index contributed by atoms with van der Waals surface area (Å²) >= 11 is 0. The molecule has 0 spiro atoms. The van der Waals surface area contributed by atoms with E-state index in [9.17, 15) is 12.8 Å². The van der Waals surface area contributed by atoms with Gasteiger partial charge in [-0.05, 0) is 36.8 Å². The van der Waals surface area contributed by atoms with E-state index in [0.717, 1.165) is 15.5 Å². The molecule has 4 rings (SSSR count). The van der Waals surface area contributed by atoms with Crippen molar-refractivity contribution in [3.05, 3.63) is 65.7 Å². The highest BCUT2D eigenvalue weighted by molar-refractivity contribution is 7.89. The Labute approximate surface area is 167 Å². The molecule has 0 radical (unpaired) electrons. The van der Waals surface area contributed by atoms with E-state index in [-0.39, 0.29) is 5.75 Å². The van der Waals surface area contributed by atoms with Crippen molar-refractivity contribution in [1.82, 2.24) is 14.4 Å². The van der Waals surface area contributed by atoms with Gasteiger partial charge in [0, 0.05) is 30.4 Å². The molecule has 7 nitrogen and oxygen atoms in total. The maximum absolute atomic E-state index is 13.6. The second-order valence-corrected chi connectivity index (χ2v) is 8.70. The number of sulfonamides is 1. The minimum absolute atomic E-state index is 0.0891. The van der Waals surface area contributed by atoms with Gasteiger partial charge >= 0.3 is 0 Å². The number of benzene rings is 2. The summed E-state index contributed by atoms with van der Waals surface area (Å²) in [5.74, 6) is -0.219. The lowest BCUT2D eigenvalue weighted by molar-refractivity contribution is 0.372. The van der Waals surface area contributed by atoms with Crippen molar-refractivity contribution in [3.63, 3.8) is 0 Å². The Kier molecular flexibility index (Phi) is 4.91. The molecule has 2 heterocycles. The predicted octanol–water partition coefficient (Wildman–Crippen LogP) is 3.28. The fourth-order valence-corrected chi connectivity index (χ4v) is 4.45. The van der Waals surface area contributed by atoms with Gasteiger partial charge in [-0.25, -0.2) is 12.8 Å². The number of methoxy groups -OCH3 is 1. The summed E-state index contributed by atoms with van der Waals surface area (Å²) in [6.07, 6.45) is 3.52. The Morgan fingerprint density at radius 2 is 1.90 bits per heavy atom. The molecule has 1 unspecified atom stereocenters. The van der Waals surface area contributed by atoms with Crippen molar-refractivity contribution < 1.29 is 17.5 Å². The minimum atomic E-state index is -3.62. The molecule has 0 amide bonds. The van der Waals surface area contributed by atoms with E-state index in [2.05, 4.69) is 15.1 Å². The van der Waals surface area contributed by atoms with Crippen LogP contribution in [0.25, 0.3) is 11.0 Å². The molecule has 2 aromatic carbocycles. The topological polar surface area (TPSA) is 84.8 Å². The minimum Gasteiger partial charge on any atom is -0.496 e. The zero-order valence-electron chi connectivity index (χ0n) is 15.9. The molecule has 0 saturated heterocycles. The normalized spacial score (nSPS) is 16.9. The highest BCUT2D eigenvalue weighted by Crippen LogP contribution is 2.37. The molecule has 9 heteroatoms. The maximum Gasteiger partial charge on any atom is 0.250 e. The summed E-state index contributed by atoms with van der Waals surface area (Å²) in [5, 5.41) is 4.40. The van der Waals surface area contributed by atoms with E-state index in [4.69, 9.17) is 4.74 Å². The summed E-state index contributed by atoms with van der Waals surface area (Å²) in [6, 6.07) is 9.05. The molecule has 0 bridgehead atoms. The van der Waals surface area contributed by atoms with Crippen LogP contribution in [0.2, 0.25) is 0 Å². The number of hydrogen-bond donors (Lipinski definition) is 0. The number of hydrazone groups is 1. The van der Waals surface area contributed by atoms with E-state index in [1.54, 1.807) is 25.4 Å². The van der Waals surface area contributed by atoms with Gasteiger partial charge in [0.15, 0.2) is 0 Å². The number of aromatic nitrogens is 2. The smallest absolute Gasteiger partial charge is 0.250 e. The van der Waals surface area contributed by atoms with Gasteiger partial charge in [-0.1, -0.05) is 6.07 Å². The van der Waals surface area contributed by atoms with Gasteiger partial charge in [0.05, 0.1) is 35.6 Å². The van der Waals surface area contributed by atoms with Gasteiger partial charge < -0.3 is 4.74 Å². The molecule has 29 heavy (non-hydrogen) atoms. The van der Waals surface area contributed by atoms with Gasteiger partial charge in [0.2, 0.25) is 10.0 Å². The SMILES string of the molecule is CCS(=O)(=O)N1N=C(c2ccc(F)cc2OC)CC1c1ccc2nccnc2c1. The zero-order chi connectivity index (χ0) is 20.6. The third kappa shape index (κ3) is 3.53. The molecule has 3 aromatic rings. The maximum atomic E-state index is 13.6. The second-order valence-electron chi connectivity index (χ2n) is 6.59. The van der Waals surface area contributed by atoms with Crippen LogP contribution < -0.4 is 4.74 Å². The van der Waals surface area contributed by atoms with Crippen LogP contribution in [0.4, 0.5) is 4.39 Å². The average Bonchev–Trinajstić information content (AvgIpc) is 3.19. The van der Waals surface area contributed by atoms with Crippen LogP contribution in [0, 0.1) is 5.82 Å². The first kappa shape index (κ1) is 19.3. The highest BCUT2D eigenvalue weighted by atomic mass is 32.2. The first-order chi connectivity index (χ1) is 13.9. The molecule has 0 N–H and O–H groups in total. The van der Waals surface area contributed by atoms with Gasteiger partial charge in [0.25, 0.3) is 0 Å². The molecule has 1 aliphatic heterocycles. The number of nitrogens with zero attached hydrogens (tertiary/aromatic N) is 4. The molecule has 1 aromatic heterocycles. The summed E-state index contributed by atoms with van der Waals surface area (Å²) in [7, 11) is -2.18. The quantitative estimate of drug-likeness (QED) is 0.640. The third-order valence-corrected chi connectivity index (χ3v) is 6.51. The lowest BCUT2D eigenvalue weighted by Gasteiger charge is -2.22. The van der Waals surface area contributed by atoms with E-state index < -0.39 is 21.9 Å². The lowest BCUT2D eigenvalue weighted by Crippen LogP contribution is -2.28. The van der Waals surface area contributed by atoms with Crippen LogP contribution in [0.15, 0.2) is 53.9 Å². The Hall–Kier alpha value is -3.07. The molecule has 0 saturated carbocycles. The fraction of sp³-hybridized carbons (Fsp3) is 0.250. The van der Waals surface area contributed by atoms with Crippen molar-refractivity contribution in [3.8, 4) is 5.75 Å². The Morgan fingerprint density at radius 1 is 1.14 bits per heavy atom. The van der Waals surface area contributed by atoms with Gasteiger partial charge in [-0.15, -0.1) is 0 Å². The van der Waals surface area contributed by atoms with Gasteiger partial charge in [0.1, 0.15) is 11.6 Å². The summed E-state index contributed by atoms with van der Waals surface area (Å²) in [4.78, 5) is 8.56. The van der Waals surface area contributed by atoms with Crippen LogP contribution >= 0.6 is 0 Å². The number of hydrogen-bond acceptors (Lipinski definition) is 6. The average molecular weight is 414 g/mol. The monoisotopic (exact) mass is 414 g/mol. The number of ether oxygens (including phenoxy) is 1. The van der Waals surface area contributed by atoms with Crippen molar-refractivity contribution in [2.24, 2.45) is 5.10 Å². The molecule has 1 aliphatic rings. The zero-order valence-corrected chi connectivity index (χ0v) is 16.7. The fourth-order valence-electron chi connectivity index (χ4n) is 3.38. The number of rotatable bonds is 5. The first-order valence-corrected chi connectivity index (χ1v) is 10.7. The van der Waals surface area contributed by atoms with Crippen LogP contribution in [0.5, 0.6) is 5.75 Å². The van der Waals surface area contributed by atoms with Crippen molar-refractivity contribution in [2.75, 3.05) is 12.9 Å². The molecule has 1 atom stereocenters. The molecule has 0 fully saturated rings. The predicted molar refractivity (Wildman–Crippen MR) is 108 cm³/mol. The summed E-state index contributed by atoms with van der Waals surface area (Å²) in [5.41, 5.74) is 3.23. The van der Waals surface area contributed by atoms with Crippen molar-refractivity contribution >= 4 is 26.8 Å². The van der Waals surface area contributed by atoms with Gasteiger partial charge in [-0.3, -0.25) is 9.97 Å². The van der Waals surface area contributed by atoms with Crippen molar-refractivity contribution in [1.29, 1.82) is 0 Å². The standard InChI is InChI=1S/C20H19FN4O3S/c1-3-29(26,27)25-19(13-4-7-16-18(10-13)23-9-8-22-16)12-17(24-25)15-6-5-14(21)11-20(15)28-2/h4-11,19H,3,12H2,1-2H3. The van der Waals surface area contributed by atoms with E-state index in [1.165, 1.54) is 19.2 Å². The second kappa shape index (κ2) is 7.40. The largest absolute Gasteiger partial charge is 0.496 e. The van der Waals surface area contributed by atoms with Crippen molar-refractivity contribution in [2.45, 2.75) is 19.4 Å². The lowest BCUT2D eigenvalue weighted by atomic mass is 9.98. The number of halogens is 1. The van der Waals surface area contributed by atoms with E-state index in [1.807, 2.05) is 18.2 Å². The van der Waals surface area contributed by atoms with Gasteiger partial charge in [-0.2, -0.15) is 9.52 Å². The molecule has 150 valence electrons. The van der Waals surface area contributed by atoms with Crippen LogP contribution in [-0.2, 0) is 10.0 Å². The van der Waals surface area contributed by atoms with E-state index >= 15 is 0 Å². The Bertz CT molecular complexity index is 1210. The summed E-state index contributed by atoms with van der Waals surface area (Å²) in [6.45, 7) is 1.57. The highest BCUT2D eigenvalue weighted by Gasteiger charge is 2.36. The number of fused-ring (bicyclic) bond motifs is 1. The molecular weight excluding hydrogens is 395 g/mol. The summed E-state index contributed by atoms with van der Waals surface area (Å²) < 4.78 is 45.5. The Balaban J connectivity index is 1.80. The first-order valence-electron chi connectivity index (χ1n) is 9.07. The van der Waals surface area contributed by atoms with E-state index in [0.29, 0.717) is 29.0 Å². The Morgan fingerprint density at radius 3 is 2.62 bits per heavy atom. The van der Waals surface area contributed by atoms with Crippen LogP contribution in [0.1, 0.15) is 30.5 Å². The third-order valence-electron chi connectivity index (χ3n) is 4.88.